The van der Waals surface area contributed by atoms with Gasteiger partial charge in [0, 0.05) is 6.61 Å². The van der Waals surface area contributed by atoms with Crippen molar-refractivity contribution >= 4 is 0 Å². The Labute approximate surface area is 173 Å². The molecule has 0 N–H and O–H groups in total. The maximum Gasteiger partial charge on any atom is 0.0572 e. The second-order valence-electron chi connectivity index (χ2n) is 8.55. The van der Waals surface area contributed by atoms with Gasteiger partial charge >= 0.3 is 0 Å². The van der Waals surface area contributed by atoms with Gasteiger partial charge in [-0.3, -0.25) is 0 Å². The normalized spacial score (nSPS) is 12.6. The van der Waals surface area contributed by atoms with Gasteiger partial charge in [-0.2, -0.15) is 0 Å². The summed E-state index contributed by atoms with van der Waals surface area (Å²) < 4.78 is 5.92. The zero-order chi connectivity index (χ0) is 19.8. The average molecular weight is 382 g/mol. The summed E-state index contributed by atoms with van der Waals surface area (Å²) in [5, 5.41) is 0. The van der Waals surface area contributed by atoms with Crippen molar-refractivity contribution in [2.24, 2.45) is 0 Å². The first kappa shape index (κ1) is 27.0. The van der Waals surface area contributed by atoms with Crippen molar-refractivity contribution in [3.05, 3.63) is 6.92 Å². The fourth-order valence-corrected chi connectivity index (χ4v) is 3.85. The smallest absolute Gasteiger partial charge is 0.0572 e. The van der Waals surface area contributed by atoms with E-state index in [2.05, 4.69) is 20.8 Å². The molecular formula is C26H53O. The highest BCUT2D eigenvalue weighted by Crippen LogP contribution is 2.15. The van der Waals surface area contributed by atoms with Crippen molar-refractivity contribution in [3.8, 4) is 0 Å². The van der Waals surface area contributed by atoms with Gasteiger partial charge in [0.15, 0.2) is 0 Å². The summed E-state index contributed by atoms with van der Waals surface area (Å²) in [5.41, 5.74) is 0. The molecular weight excluding hydrogens is 328 g/mol. The number of hydrogen-bond donors (Lipinski definition) is 0. The van der Waals surface area contributed by atoms with E-state index in [4.69, 9.17) is 4.74 Å². The van der Waals surface area contributed by atoms with Gasteiger partial charge in [-0.25, -0.2) is 0 Å². The van der Waals surface area contributed by atoms with Gasteiger partial charge in [-0.05, 0) is 19.3 Å². The molecule has 0 spiro atoms. The molecule has 0 amide bonds. The van der Waals surface area contributed by atoms with Crippen LogP contribution < -0.4 is 0 Å². The molecule has 27 heavy (non-hydrogen) atoms. The van der Waals surface area contributed by atoms with E-state index in [1.54, 1.807) is 0 Å². The lowest BCUT2D eigenvalue weighted by molar-refractivity contribution is 0.0420. The maximum atomic E-state index is 5.92. The van der Waals surface area contributed by atoms with Crippen LogP contribution in [0.15, 0.2) is 0 Å². The second-order valence-corrected chi connectivity index (χ2v) is 8.55. The number of unbranched alkanes of at least 4 members (excludes halogenated alkanes) is 17. The minimum absolute atomic E-state index is 0.493. The third-order valence-electron chi connectivity index (χ3n) is 5.83. The van der Waals surface area contributed by atoms with Gasteiger partial charge in [0.05, 0.1) is 6.10 Å². The molecule has 0 saturated carbocycles. The van der Waals surface area contributed by atoms with E-state index in [1.165, 1.54) is 116 Å². The van der Waals surface area contributed by atoms with E-state index < -0.39 is 0 Å². The van der Waals surface area contributed by atoms with E-state index in [0.29, 0.717) is 6.10 Å². The van der Waals surface area contributed by atoms with Crippen LogP contribution >= 0.6 is 0 Å². The Morgan fingerprint density at radius 1 is 0.556 bits per heavy atom. The van der Waals surface area contributed by atoms with Gasteiger partial charge < -0.3 is 4.74 Å². The van der Waals surface area contributed by atoms with Crippen LogP contribution in [-0.2, 0) is 4.74 Å². The van der Waals surface area contributed by atoms with Crippen molar-refractivity contribution in [3.63, 3.8) is 0 Å². The average Bonchev–Trinajstić information content (AvgIpc) is 2.69. The topological polar surface area (TPSA) is 9.23 Å². The Morgan fingerprint density at radius 2 is 0.963 bits per heavy atom. The molecule has 0 bridgehead atoms. The summed E-state index contributed by atoms with van der Waals surface area (Å²) >= 11 is 0. The molecule has 0 heterocycles. The van der Waals surface area contributed by atoms with E-state index in [1.807, 2.05) is 0 Å². The number of hydrogen-bond acceptors (Lipinski definition) is 1. The highest BCUT2D eigenvalue weighted by Gasteiger charge is 2.05. The monoisotopic (exact) mass is 381 g/mol. The molecule has 0 aliphatic carbocycles. The summed E-state index contributed by atoms with van der Waals surface area (Å²) in [6.45, 7) is 9.33. The summed E-state index contributed by atoms with van der Waals surface area (Å²) in [6.07, 6.45) is 29.6. The molecule has 1 heteroatoms. The number of ether oxygens (including phenoxy) is 1. The fourth-order valence-electron chi connectivity index (χ4n) is 3.85. The lowest BCUT2D eigenvalue weighted by atomic mass is 10.0. The Balaban J connectivity index is 3.14. The molecule has 0 aliphatic heterocycles. The zero-order valence-electron chi connectivity index (χ0n) is 19.2. The van der Waals surface area contributed by atoms with Crippen LogP contribution in [0, 0.1) is 6.92 Å². The zero-order valence-corrected chi connectivity index (χ0v) is 19.2. The van der Waals surface area contributed by atoms with Crippen molar-refractivity contribution in [2.75, 3.05) is 6.61 Å². The number of rotatable bonds is 23. The highest BCUT2D eigenvalue weighted by molar-refractivity contribution is 4.57. The van der Waals surface area contributed by atoms with Crippen molar-refractivity contribution in [1.29, 1.82) is 0 Å². The predicted molar refractivity (Wildman–Crippen MR) is 123 cm³/mol. The molecule has 0 saturated heterocycles. The van der Waals surface area contributed by atoms with Crippen LogP contribution in [0.1, 0.15) is 149 Å². The fraction of sp³-hybridized carbons (Fsp3) is 0.962. The SMILES string of the molecule is [CH2]CCCOC(CC)CCCCCCCCCCCCCCCCCCC. The van der Waals surface area contributed by atoms with Crippen molar-refractivity contribution in [2.45, 2.75) is 155 Å². The van der Waals surface area contributed by atoms with E-state index >= 15 is 0 Å². The first-order chi connectivity index (χ1) is 13.3. The van der Waals surface area contributed by atoms with Crippen LogP contribution in [0.4, 0.5) is 0 Å². The highest BCUT2D eigenvalue weighted by atomic mass is 16.5. The lowest BCUT2D eigenvalue weighted by Gasteiger charge is -2.15. The standard InChI is InChI=1S/C26H53O/c1-4-7-9-10-11-12-13-14-15-16-17-18-19-20-21-22-23-24-26(6-3)27-25-8-5-2/h26H,2,4-25H2,1,3H3. The molecule has 0 fully saturated rings. The third-order valence-corrected chi connectivity index (χ3v) is 5.83. The Bertz CT molecular complexity index is 251. The molecule has 1 atom stereocenters. The quantitative estimate of drug-likeness (QED) is 0.160. The lowest BCUT2D eigenvalue weighted by Crippen LogP contribution is -2.12. The van der Waals surface area contributed by atoms with Gasteiger partial charge in [0.2, 0.25) is 0 Å². The second kappa shape index (κ2) is 24.0. The molecule has 1 unspecified atom stereocenters. The van der Waals surface area contributed by atoms with Gasteiger partial charge in [-0.15, -0.1) is 0 Å². The summed E-state index contributed by atoms with van der Waals surface area (Å²) in [7, 11) is 0. The third kappa shape index (κ3) is 22.1. The molecule has 163 valence electrons. The summed E-state index contributed by atoms with van der Waals surface area (Å²) in [6, 6.07) is 0. The van der Waals surface area contributed by atoms with Gasteiger partial charge in [0.25, 0.3) is 0 Å². The Kier molecular flexibility index (Phi) is 24.0. The molecule has 0 aromatic rings. The van der Waals surface area contributed by atoms with Gasteiger partial charge in [-0.1, -0.05) is 136 Å². The van der Waals surface area contributed by atoms with Crippen LogP contribution in [0.3, 0.4) is 0 Å². The van der Waals surface area contributed by atoms with Crippen molar-refractivity contribution in [1.82, 2.24) is 0 Å². The maximum absolute atomic E-state index is 5.92. The minimum atomic E-state index is 0.493. The predicted octanol–water partition coefficient (Wildman–Crippen LogP) is 9.44. The Morgan fingerprint density at radius 3 is 1.33 bits per heavy atom. The summed E-state index contributed by atoms with van der Waals surface area (Å²) in [5.74, 6) is 0. The summed E-state index contributed by atoms with van der Waals surface area (Å²) in [4.78, 5) is 0. The molecule has 0 aromatic carbocycles. The molecule has 1 nitrogen and oxygen atoms in total. The Hall–Kier alpha value is -0.0400. The molecule has 0 rings (SSSR count). The van der Waals surface area contributed by atoms with E-state index in [9.17, 15) is 0 Å². The largest absolute Gasteiger partial charge is 0.378 e. The van der Waals surface area contributed by atoms with Crippen LogP contribution in [0.5, 0.6) is 0 Å². The van der Waals surface area contributed by atoms with E-state index in [0.717, 1.165) is 25.9 Å². The first-order valence-corrected chi connectivity index (χ1v) is 12.8. The molecule has 0 aliphatic rings. The van der Waals surface area contributed by atoms with Crippen LogP contribution in [-0.4, -0.2) is 12.7 Å². The minimum Gasteiger partial charge on any atom is -0.378 e. The van der Waals surface area contributed by atoms with E-state index in [-0.39, 0.29) is 0 Å². The van der Waals surface area contributed by atoms with Crippen LogP contribution in [0.25, 0.3) is 0 Å². The van der Waals surface area contributed by atoms with Gasteiger partial charge in [0.1, 0.15) is 0 Å². The molecule has 0 aromatic heterocycles. The molecule has 1 radical (unpaired) electrons. The van der Waals surface area contributed by atoms with Crippen LogP contribution in [0.2, 0.25) is 0 Å². The first-order valence-electron chi connectivity index (χ1n) is 12.8. The van der Waals surface area contributed by atoms with Crippen molar-refractivity contribution < 1.29 is 4.74 Å².